The molecule has 0 bridgehead atoms. The maximum Gasteiger partial charge on any atom is 0.337 e. The molecular weight excluding hydrogens is 297 g/mol. The van der Waals surface area contributed by atoms with Crippen LogP contribution in [0.25, 0.3) is 0 Å². The van der Waals surface area contributed by atoms with Gasteiger partial charge in [-0.15, -0.1) is 0 Å². The van der Waals surface area contributed by atoms with Crippen molar-refractivity contribution in [2.45, 2.75) is 12.0 Å². The van der Waals surface area contributed by atoms with E-state index in [-0.39, 0.29) is 18.8 Å². The van der Waals surface area contributed by atoms with E-state index >= 15 is 0 Å². The summed E-state index contributed by atoms with van der Waals surface area (Å²) in [6.45, 7) is 0.0985. The lowest BCUT2D eigenvalue weighted by Gasteiger charge is -2.21. The molecule has 0 N–H and O–H groups in total. The quantitative estimate of drug-likeness (QED) is 0.816. The number of carbonyl (C=O) groups is 1. The zero-order chi connectivity index (χ0) is 16.3. The van der Waals surface area contributed by atoms with Crippen molar-refractivity contribution < 1.29 is 18.7 Å². The number of hydrogen-bond donors (Lipinski definition) is 0. The lowest BCUT2D eigenvalue weighted by Crippen LogP contribution is -2.41. The summed E-state index contributed by atoms with van der Waals surface area (Å²) in [7, 11) is 1.32. The molecule has 0 aromatic heterocycles. The van der Waals surface area contributed by atoms with Crippen molar-refractivity contribution in [2.24, 2.45) is 4.99 Å². The van der Waals surface area contributed by atoms with Gasteiger partial charge in [0.15, 0.2) is 5.54 Å². The number of benzene rings is 2. The second kappa shape index (κ2) is 6.20. The number of esters is 1. The molecule has 0 unspecified atom stereocenters. The van der Waals surface area contributed by atoms with Crippen LogP contribution >= 0.6 is 0 Å². The summed E-state index contributed by atoms with van der Waals surface area (Å²) < 4.78 is 23.6. The summed E-state index contributed by atoms with van der Waals surface area (Å²) in [6.07, 6.45) is 0.288. The Morgan fingerprint density at radius 3 is 2.57 bits per heavy atom. The van der Waals surface area contributed by atoms with Crippen LogP contribution in [0.3, 0.4) is 0 Å². The van der Waals surface area contributed by atoms with Crippen molar-refractivity contribution in [1.82, 2.24) is 0 Å². The van der Waals surface area contributed by atoms with Gasteiger partial charge in [0.25, 0.3) is 0 Å². The van der Waals surface area contributed by atoms with Crippen LogP contribution < -0.4 is 0 Å². The maximum atomic E-state index is 13.1. The highest BCUT2D eigenvalue weighted by atomic mass is 19.1. The number of rotatable bonds is 4. The third kappa shape index (κ3) is 3.08. The van der Waals surface area contributed by atoms with Gasteiger partial charge in [0.1, 0.15) is 12.4 Å². The van der Waals surface area contributed by atoms with Crippen molar-refractivity contribution in [3.63, 3.8) is 0 Å². The van der Waals surface area contributed by atoms with Crippen LogP contribution in [-0.4, -0.2) is 31.1 Å². The molecule has 1 aliphatic heterocycles. The van der Waals surface area contributed by atoms with Crippen molar-refractivity contribution in [3.05, 3.63) is 71.5 Å². The minimum atomic E-state index is -1.14. The molecule has 0 fully saturated rings. The largest absolute Gasteiger partial charge is 0.474 e. The van der Waals surface area contributed by atoms with E-state index in [1.165, 1.54) is 19.2 Å². The van der Waals surface area contributed by atoms with E-state index in [9.17, 15) is 9.18 Å². The molecule has 0 amide bonds. The lowest BCUT2D eigenvalue weighted by atomic mass is 9.92. The highest BCUT2D eigenvalue weighted by molar-refractivity contribution is 5.99. The van der Waals surface area contributed by atoms with Crippen LogP contribution in [0, 0.1) is 5.82 Å². The fourth-order valence-electron chi connectivity index (χ4n) is 2.57. The second-order valence-corrected chi connectivity index (χ2v) is 5.40. The van der Waals surface area contributed by atoms with Crippen molar-refractivity contribution in [3.8, 4) is 0 Å². The molecule has 5 heteroatoms. The average molecular weight is 313 g/mol. The minimum Gasteiger partial charge on any atom is -0.474 e. The maximum absolute atomic E-state index is 13.1. The Labute approximate surface area is 133 Å². The molecule has 1 heterocycles. The first kappa shape index (κ1) is 15.2. The number of hydrogen-bond acceptors (Lipinski definition) is 4. The van der Waals surface area contributed by atoms with E-state index < -0.39 is 11.5 Å². The number of halogens is 1. The van der Waals surface area contributed by atoms with Crippen LogP contribution in [0.1, 0.15) is 11.1 Å². The first-order valence-corrected chi connectivity index (χ1v) is 7.24. The number of nitrogens with zero attached hydrogens (tertiary/aromatic N) is 1. The molecule has 0 spiro atoms. The average Bonchev–Trinajstić information content (AvgIpc) is 3.02. The molecule has 2 aromatic rings. The van der Waals surface area contributed by atoms with E-state index in [1.54, 1.807) is 12.1 Å². The molecule has 1 aliphatic rings. The second-order valence-electron chi connectivity index (χ2n) is 5.40. The summed E-state index contributed by atoms with van der Waals surface area (Å²) in [5, 5.41) is 0. The zero-order valence-corrected chi connectivity index (χ0v) is 12.7. The van der Waals surface area contributed by atoms with E-state index in [1.807, 2.05) is 30.3 Å². The van der Waals surface area contributed by atoms with E-state index in [0.29, 0.717) is 5.90 Å². The van der Waals surface area contributed by atoms with Crippen LogP contribution in [0.5, 0.6) is 0 Å². The molecule has 4 nitrogen and oxygen atoms in total. The topological polar surface area (TPSA) is 47.9 Å². The van der Waals surface area contributed by atoms with E-state index in [4.69, 9.17) is 9.47 Å². The lowest BCUT2D eigenvalue weighted by molar-refractivity contribution is -0.147. The van der Waals surface area contributed by atoms with Gasteiger partial charge in [-0.1, -0.05) is 30.3 Å². The van der Waals surface area contributed by atoms with Gasteiger partial charge in [-0.3, -0.25) is 0 Å². The first-order chi connectivity index (χ1) is 11.1. The Hall–Kier alpha value is -2.69. The molecule has 0 radical (unpaired) electrons. The van der Waals surface area contributed by atoms with E-state index in [2.05, 4.69) is 4.99 Å². The summed E-state index contributed by atoms with van der Waals surface area (Å²) in [5.41, 5.74) is 0.452. The van der Waals surface area contributed by atoms with Crippen LogP contribution in [0.15, 0.2) is 59.6 Å². The van der Waals surface area contributed by atoms with Gasteiger partial charge in [-0.2, -0.15) is 0 Å². The SMILES string of the molecule is COC(=O)[C@@]1(Cc2ccc(F)cc2)COC(c2ccccc2)=N1. The molecule has 0 saturated heterocycles. The molecule has 1 atom stereocenters. The van der Waals surface area contributed by atoms with Gasteiger partial charge < -0.3 is 9.47 Å². The predicted molar refractivity (Wildman–Crippen MR) is 83.8 cm³/mol. The van der Waals surface area contributed by atoms with Crippen molar-refractivity contribution in [1.29, 1.82) is 0 Å². The Morgan fingerprint density at radius 1 is 1.22 bits per heavy atom. The number of carbonyl (C=O) groups excluding carboxylic acids is 1. The fraction of sp³-hybridized carbons (Fsp3) is 0.222. The predicted octanol–water partition coefficient (Wildman–Crippen LogP) is 2.76. The fourth-order valence-corrected chi connectivity index (χ4v) is 2.57. The van der Waals surface area contributed by atoms with Gasteiger partial charge in [-0.05, 0) is 29.8 Å². The van der Waals surface area contributed by atoms with Crippen LogP contribution in [0.4, 0.5) is 4.39 Å². The Kier molecular flexibility index (Phi) is 4.10. The van der Waals surface area contributed by atoms with Crippen molar-refractivity contribution >= 4 is 11.9 Å². The third-order valence-electron chi connectivity index (χ3n) is 3.76. The number of methoxy groups -OCH3 is 1. The summed E-state index contributed by atoms with van der Waals surface area (Å²) >= 11 is 0. The molecular formula is C18H16FNO3. The molecule has 3 rings (SSSR count). The number of aliphatic imine (C=N–C) groups is 1. The van der Waals surface area contributed by atoms with Crippen LogP contribution in [0.2, 0.25) is 0 Å². The Morgan fingerprint density at radius 2 is 1.91 bits per heavy atom. The first-order valence-electron chi connectivity index (χ1n) is 7.24. The zero-order valence-electron chi connectivity index (χ0n) is 12.7. The normalized spacial score (nSPS) is 19.8. The molecule has 2 aromatic carbocycles. The van der Waals surface area contributed by atoms with E-state index in [0.717, 1.165) is 11.1 Å². The summed E-state index contributed by atoms with van der Waals surface area (Å²) in [5.74, 6) is -0.372. The smallest absolute Gasteiger partial charge is 0.337 e. The van der Waals surface area contributed by atoms with Gasteiger partial charge >= 0.3 is 5.97 Å². The third-order valence-corrected chi connectivity index (χ3v) is 3.76. The monoisotopic (exact) mass is 313 g/mol. The van der Waals surface area contributed by atoms with Gasteiger partial charge in [-0.25, -0.2) is 14.2 Å². The van der Waals surface area contributed by atoms with Gasteiger partial charge in [0.05, 0.1) is 7.11 Å². The van der Waals surface area contributed by atoms with Gasteiger partial charge in [0, 0.05) is 12.0 Å². The van der Waals surface area contributed by atoms with Crippen LogP contribution in [-0.2, 0) is 20.7 Å². The Bertz CT molecular complexity index is 728. The van der Waals surface area contributed by atoms with Crippen molar-refractivity contribution in [2.75, 3.05) is 13.7 Å². The molecule has 0 saturated carbocycles. The molecule has 0 aliphatic carbocycles. The Balaban J connectivity index is 1.94. The summed E-state index contributed by atoms with van der Waals surface area (Å²) in [4.78, 5) is 16.8. The van der Waals surface area contributed by atoms with Gasteiger partial charge in [0.2, 0.25) is 5.90 Å². The standard InChI is InChI=1S/C18H16FNO3/c1-22-17(21)18(11-13-7-9-15(19)10-8-13)12-23-16(20-18)14-5-3-2-4-6-14/h2-10H,11-12H2,1H3/t18-/m1/s1. The number of ether oxygens (including phenoxy) is 2. The minimum absolute atomic E-state index is 0.0985. The molecule has 23 heavy (non-hydrogen) atoms. The summed E-state index contributed by atoms with van der Waals surface area (Å²) in [6, 6.07) is 15.4. The highest BCUT2D eigenvalue weighted by Gasteiger charge is 2.45. The molecule has 118 valence electrons. The highest BCUT2D eigenvalue weighted by Crippen LogP contribution is 2.27.